The Morgan fingerprint density at radius 2 is 1.02 bits per heavy atom. The van der Waals surface area contributed by atoms with Crippen molar-refractivity contribution in [1.82, 2.24) is 0 Å². The van der Waals surface area contributed by atoms with Gasteiger partial charge in [-0.25, -0.2) is 12.1 Å². The van der Waals surface area contributed by atoms with Crippen molar-refractivity contribution in [2.45, 2.75) is 48.0 Å². The zero-order valence-electron chi connectivity index (χ0n) is 30.8. The van der Waals surface area contributed by atoms with E-state index in [1.807, 2.05) is 30.3 Å². The first-order valence-electron chi connectivity index (χ1n) is 17.4. The third-order valence-corrected chi connectivity index (χ3v) is 10.8. The van der Waals surface area contributed by atoms with Crippen LogP contribution >= 0.6 is 0 Å². The Morgan fingerprint density at radius 1 is 0.538 bits per heavy atom. The van der Waals surface area contributed by atoms with Crippen molar-refractivity contribution in [2.75, 3.05) is 0 Å². The molecule has 0 saturated heterocycles. The van der Waals surface area contributed by atoms with E-state index in [4.69, 9.17) is 0 Å². The molecular formula is C49H44Cl2Zr-2. The van der Waals surface area contributed by atoms with E-state index >= 15 is 0 Å². The van der Waals surface area contributed by atoms with Crippen LogP contribution in [0.1, 0.15) is 55.6 Å². The molecule has 1 aliphatic carbocycles. The van der Waals surface area contributed by atoms with Crippen LogP contribution in [0.25, 0.3) is 33.4 Å². The first-order chi connectivity index (χ1) is 24.2. The molecule has 7 aromatic rings. The molecule has 52 heavy (non-hydrogen) atoms. The van der Waals surface area contributed by atoms with Crippen LogP contribution in [-0.2, 0) is 30.7 Å². The van der Waals surface area contributed by atoms with E-state index in [1.54, 1.807) is 0 Å². The monoisotopic (exact) mass is 792 g/mol. The van der Waals surface area contributed by atoms with Gasteiger partial charge in [0.25, 0.3) is 0 Å². The molecule has 260 valence electrons. The first-order valence-corrected chi connectivity index (χ1v) is 18.6. The topological polar surface area (TPSA) is 0 Å². The molecule has 0 aromatic heterocycles. The molecule has 0 fully saturated rings. The van der Waals surface area contributed by atoms with Gasteiger partial charge in [0, 0.05) is 0 Å². The molecule has 7 aromatic carbocycles. The zero-order chi connectivity index (χ0) is 35.2. The standard InChI is InChI=1S/C31H29.C13H10.C5H5.2ClH.Zr/c1-18-11-20(3)30(21(4)12-18)24-7-9-28-26(15-24)17-27-16-25(8-10-29(27)28)31-22(5)13-19(2)14-23(31)6;1-3-7-12(8-4-1)11-13-9-5-2-6-10-13;1-2-4-5-3-1;;;/h7-15H,17H2,1-6H3;1-10H;1-5H;2*1H;/q-1;;-1;;;+2/p-2. The van der Waals surface area contributed by atoms with Gasteiger partial charge in [0.15, 0.2) is 0 Å². The summed E-state index contributed by atoms with van der Waals surface area (Å²) in [5.74, 6) is 0. The minimum Gasteiger partial charge on any atom is -0.214 e. The number of benzene rings is 6. The molecule has 0 saturated carbocycles. The van der Waals surface area contributed by atoms with E-state index in [9.17, 15) is 0 Å². The summed E-state index contributed by atoms with van der Waals surface area (Å²) in [6.07, 6.45) is 0.959. The van der Waals surface area contributed by atoms with Crippen molar-refractivity contribution in [2.24, 2.45) is 0 Å². The summed E-state index contributed by atoms with van der Waals surface area (Å²) in [5, 5.41) is 0. The first kappa shape index (κ1) is 40.8. The van der Waals surface area contributed by atoms with Crippen LogP contribution in [0.4, 0.5) is 0 Å². The van der Waals surface area contributed by atoms with Crippen LogP contribution in [0.5, 0.6) is 0 Å². The smallest absolute Gasteiger partial charge is 0.172 e. The summed E-state index contributed by atoms with van der Waals surface area (Å²) in [5.41, 5.74) is 21.4. The molecule has 3 heteroatoms. The molecule has 0 amide bonds. The maximum Gasteiger partial charge on any atom is -0.172 e. The Morgan fingerprint density at radius 3 is 1.50 bits per heavy atom. The van der Waals surface area contributed by atoms with Crippen LogP contribution < -0.4 is 24.8 Å². The van der Waals surface area contributed by atoms with Crippen LogP contribution in [0.2, 0.25) is 0 Å². The van der Waals surface area contributed by atoms with Crippen LogP contribution in [0.3, 0.4) is 0 Å². The predicted molar refractivity (Wildman–Crippen MR) is 211 cm³/mol. The second kappa shape index (κ2) is 18.7. The molecule has 0 bridgehead atoms. The molecule has 0 N–H and O–H groups in total. The maximum absolute atomic E-state index is 3.78. The molecule has 8 rings (SSSR count). The molecule has 0 atom stereocenters. The van der Waals surface area contributed by atoms with Crippen molar-refractivity contribution in [1.29, 1.82) is 0 Å². The number of hydrogen-bond acceptors (Lipinski definition) is 0. The predicted octanol–water partition coefficient (Wildman–Crippen LogP) is 6.46. The second-order valence-electron chi connectivity index (χ2n) is 13.4. The van der Waals surface area contributed by atoms with Gasteiger partial charge in [0.2, 0.25) is 0 Å². The van der Waals surface area contributed by atoms with Crippen molar-refractivity contribution < 1.29 is 49.0 Å². The Hall–Kier alpha value is -4.00. The molecule has 0 aliphatic heterocycles. The number of rotatable bonds is 4. The Kier molecular flexibility index (Phi) is 14.6. The fourth-order valence-corrected chi connectivity index (χ4v) is 8.18. The van der Waals surface area contributed by atoms with Crippen LogP contribution in [0, 0.1) is 47.6 Å². The van der Waals surface area contributed by atoms with Gasteiger partial charge < -0.3 is 24.8 Å². The van der Waals surface area contributed by atoms with Crippen molar-refractivity contribution in [3.8, 4) is 33.4 Å². The van der Waals surface area contributed by atoms with Crippen molar-refractivity contribution in [3.63, 3.8) is 0 Å². The number of halogens is 2. The number of aryl methyl sites for hydroxylation is 6. The van der Waals surface area contributed by atoms with Gasteiger partial charge in [-0.3, -0.25) is 0 Å². The van der Waals surface area contributed by atoms with Crippen molar-refractivity contribution >= 4 is 3.21 Å². The third kappa shape index (κ3) is 9.51. The fourth-order valence-electron chi connectivity index (χ4n) is 7.36. The minimum absolute atomic E-state index is 0. The summed E-state index contributed by atoms with van der Waals surface area (Å²) in [7, 11) is 0. The summed E-state index contributed by atoms with van der Waals surface area (Å²) in [6.45, 7) is 13.2. The zero-order valence-corrected chi connectivity index (χ0v) is 34.8. The van der Waals surface area contributed by atoms with Gasteiger partial charge >= 0.3 is 99.2 Å². The van der Waals surface area contributed by atoms with E-state index in [0.29, 0.717) is 0 Å². The minimum atomic E-state index is 0. The van der Waals surface area contributed by atoms with E-state index in [1.165, 1.54) is 116 Å². The van der Waals surface area contributed by atoms with Gasteiger partial charge in [-0.05, 0) is 75.8 Å². The van der Waals surface area contributed by atoms with Gasteiger partial charge in [-0.15, -0.1) is 29.3 Å². The Labute approximate surface area is 338 Å². The molecule has 0 radical (unpaired) electrons. The van der Waals surface area contributed by atoms with Gasteiger partial charge in [-0.1, -0.05) is 81.4 Å². The van der Waals surface area contributed by atoms with E-state index in [2.05, 4.69) is 163 Å². The van der Waals surface area contributed by atoms with E-state index in [-0.39, 0.29) is 24.8 Å². The summed E-state index contributed by atoms with van der Waals surface area (Å²) in [4.78, 5) is 0. The largest absolute Gasteiger partial charge is 0.214 e. The van der Waals surface area contributed by atoms with Gasteiger partial charge in [0.05, 0.1) is 0 Å². The summed E-state index contributed by atoms with van der Waals surface area (Å²) >= 11 is 1.46. The Balaban J connectivity index is 0.000000238. The van der Waals surface area contributed by atoms with Crippen LogP contribution in [0.15, 0.2) is 146 Å². The number of fused-ring (bicyclic) bond motifs is 3. The van der Waals surface area contributed by atoms with Crippen LogP contribution in [-0.4, -0.2) is 3.21 Å². The summed E-state index contributed by atoms with van der Waals surface area (Å²) in [6, 6.07) is 55.6. The van der Waals surface area contributed by atoms with Crippen molar-refractivity contribution in [3.05, 3.63) is 207 Å². The van der Waals surface area contributed by atoms with Gasteiger partial charge in [-0.2, -0.15) is 18.2 Å². The summed E-state index contributed by atoms with van der Waals surface area (Å²) < 4.78 is 1.42. The molecule has 1 aliphatic rings. The maximum atomic E-state index is 3.78. The molecule has 0 heterocycles. The third-order valence-electron chi connectivity index (χ3n) is 9.38. The average molecular weight is 795 g/mol. The fraction of sp³-hybridized carbons (Fsp3) is 0.143. The molecule has 0 nitrogen and oxygen atoms in total. The van der Waals surface area contributed by atoms with Gasteiger partial charge in [0.1, 0.15) is 0 Å². The Bertz CT molecular complexity index is 2040. The second-order valence-corrected chi connectivity index (χ2v) is 14.7. The van der Waals surface area contributed by atoms with E-state index in [0.717, 1.165) is 6.42 Å². The quantitative estimate of drug-likeness (QED) is 0.180. The number of hydrogen-bond donors (Lipinski definition) is 0. The normalized spacial score (nSPS) is 10.6. The van der Waals surface area contributed by atoms with E-state index < -0.39 is 0 Å². The molecule has 0 spiro atoms. The molecular weight excluding hydrogens is 751 g/mol. The SMILES string of the molecule is Cc1cc(C)c(-c2[c-]c3c(cc2)-c2ccc(-c4c(C)cc(C)cc4C)cc2C3)c(C)c1.[Cl-].[Cl-].[Zr+2]=[C](c1ccccc1)c1ccccc1.c1cc[cH-]c1. The molecule has 0 unspecified atom stereocenters. The average Bonchev–Trinajstić information content (AvgIpc) is 3.80.